The van der Waals surface area contributed by atoms with E-state index in [0.717, 1.165) is 44.6 Å². The van der Waals surface area contributed by atoms with Crippen LogP contribution in [0, 0.1) is 18.3 Å². The Labute approximate surface area is 203 Å². The van der Waals surface area contributed by atoms with Gasteiger partial charge in [-0.15, -0.1) is 0 Å². The van der Waals surface area contributed by atoms with Crippen LogP contribution >= 0.6 is 0 Å². The quantitative estimate of drug-likeness (QED) is 0.579. The number of ether oxygens (including phenoxy) is 1. The van der Waals surface area contributed by atoms with Gasteiger partial charge in [-0.05, 0) is 104 Å². The molecule has 3 saturated heterocycles. The first kappa shape index (κ1) is 23.2. The van der Waals surface area contributed by atoms with Gasteiger partial charge in [-0.2, -0.15) is 0 Å². The maximum absolute atomic E-state index is 12.7. The van der Waals surface area contributed by atoms with E-state index in [2.05, 4.69) is 56.0 Å². The molecule has 182 valence electrons. The number of carboxylic acid groups (broad SMARTS) is 1. The Morgan fingerprint density at radius 1 is 1.15 bits per heavy atom. The highest BCUT2D eigenvalue weighted by molar-refractivity contribution is 5.71. The van der Waals surface area contributed by atoms with Crippen molar-refractivity contribution in [1.29, 1.82) is 0 Å². The molecule has 0 unspecified atom stereocenters. The first-order valence-electron chi connectivity index (χ1n) is 12.8. The van der Waals surface area contributed by atoms with Crippen molar-refractivity contribution in [2.75, 3.05) is 19.6 Å². The van der Waals surface area contributed by atoms with Crippen LogP contribution in [0.15, 0.2) is 36.4 Å². The number of piperidine rings is 3. The molecule has 2 aromatic carbocycles. The molecule has 3 aliphatic heterocycles. The van der Waals surface area contributed by atoms with Crippen molar-refractivity contribution in [3.05, 3.63) is 53.1 Å². The highest BCUT2D eigenvalue weighted by Crippen LogP contribution is 2.51. The summed E-state index contributed by atoms with van der Waals surface area (Å²) < 4.78 is 5.86. The third-order valence-electron chi connectivity index (χ3n) is 8.18. The lowest BCUT2D eigenvalue weighted by molar-refractivity contribution is -0.0267. The molecule has 2 bridgehead atoms. The zero-order valence-corrected chi connectivity index (χ0v) is 21.2. The van der Waals surface area contributed by atoms with Gasteiger partial charge in [0.1, 0.15) is 5.75 Å². The van der Waals surface area contributed by atoms with Crippen molar-refractivity contribution in [2.45, 2.75) is 72.1 Å². The Kier molecular flexibility index (Phi) is 5.87. The molecule has 5 nitrogen and oxygen atoms in total. The summed E-state index contributed by atoms with van der Waals surface area (Å²) in [5.41, 5.74) is 5.90. The number of hydrogen-bond acceptors (Lipinski definition) is 3. The van der Waals surface area contributed by atoms with E-state index >= 15 is 0 Å². The molecule has 2 atom stereocenters. The number of nitrogens with zero attached hydrogens (tertiary/aromatic N) is 2. The van der Waals surface area contributed by atoms with Gasteiger partial charge in [0.05, 0.1) is 18.2 Å². The molecule has 0 radical (unpaired) electrons. The van der Waals surface area contributed by atoms with Gasteiger partial charge in [-0.3, -0.25) is 4.90 Å². The highest BCUT2D eigenvalue weighted by atomic mass is 16.5. The van der Waals surface area contributed by atoms with Gasteiger partial charge in [0.2, 0.25) is 0 Å². The summed E-state index contributed by atoms with van der Waals surface area (Å²) in [7, 11) is 0. The van der Waals surface area contributed by atoms with Crippen LogP contribution in [0.2, 0.25) is 0 Å². The Morgan fingerprint density at radius 2 is 1.88 bits per heavy atom. The largest absolute Gasteiger partial charge is 0.491 e. The minimum absolute atomic E-state index is 0.0886. The van der Waals surface area contributed by atoms with Crippen molar-refractivity contribution in [3.8, 4) is 16.9 Å². The monoisotopic (exact) mass is 462 g/mol. The SMILES string of the molecule is Cc1cc(OC(C)C)ccc1-c1ccc2c(c1)CC(C)(C)[C@H]2N(C(=O)O)[C@@H]1CN2CCC1CC2. The van der Waals surface area contributed by atoms with E-state index in [-0.39, 0.29) is 23.6 Å². The first-order chi connectivity index (χ1) is 16.1. The fourth-order valence-corrected chi connectivity index (χ4v) is 6.73. The summed E-state index contributed by atoms with van der Waals surface area (Å²) >= 11 is 0. The Bertz CT molecular complexity index is 1080. The summed E-state index contributed by atoms with van der Waals surface area (Å²) in [6.45, 7) is 13.8. The summed E-state index contributed by atoms with van der Waals surface area (Å²) in [6.07, 6.45) is 2.49. The van der Waals surface area contributed by atoms with E-state index < -0.39 is 6.09 Å². The molecular weight excluding hydrogens is 424 g/mol. The minimum atomic E-state index is -0.773. The molecular formula is C29H38N2O3. The first-order valence-corrected chi connectivity index (χ1v) is 12.8. The van der Waals surface area contributed by atoms with E-state index in [1.165, 1.54) is 27.8 Å². The Morgan fingerprint density at radius 3 is 2.47 bits per heavy atom. The average molecular weight is 463 g/mol. The smallest absolute Gasteiger partial charge is 0.408 e. The molecule has 2 aromatic rings. The second-order valence-corrected chi connectivity index (χ2v) is 11.5. The van der Waals surface area contributed by atoms with Crippen LogP contribution in [0.5, 0.6) is 5.75 Å². The van der Waals surface area contributed by atoms with Crippen LogP contribution < -0.4 is 4.74 Å². The zero-order chi connectivity index (χ0) is 24.2. The van der Waals surface area contributed by atoms with Crippen LogP contribution in [0.3, 0.4) is 0 Å². The fraction of sp³-hybridized carbons (Fsp3) is 0.552. The molecule has 1 aliphatic carbocycles. The number of rotatable bonds is 5. The van der Waals surface area contributed by atoms with Crippen molar-refractivity contribution in [1.82, 2.24) is 9.80 Å². The number of hydrogen-bond donors (Lipinski definition) is 1. The third kappa shape index (κ3) is 4.08. The summed E-state index contributed by atoms with van der Waals surface area (Å²) in [5.74, 6) is 1.38. The molecule has 4 aliphatic rings. The molecule has 6 rings (SSSR count). The van der Waals surface area contributed by atoms with Gasteiger partial charge in [-0.1, -0.05) is 38.1 Å². The molecule has 1 N–H and O–H groups in total. The van der Waals surface area contributed by atoms with E-state index in [4.69, 9.17) is 4.74 Å². The van der Waals surface area contributed by atoms with E-state index in [1.54, 1.807) is 0 Å². The maximum Gasteiger partial charge on any atom is 0.408 e. The van der Waals surface area contributed by atoms with Gasteiger partial charge in [-0.25, -0.2) is 4.79 Å². The highest BCUT2D eigenvalue weighted by Gasteiger charge is 2.50. The molecule has 0 spiro atoms. The number of benzene rings is 2. The van der Waals surface area contributed by atoms with E-state index in [1.807, 2.05) is 24.8 Å². The molecule has 34 heavy (non-hydrogen) atoms. The molecule has 5 heteroatoms. The van der Waals surface area contributed by atoms with Crippen LogP contribution in [-0.2, 0) is 6.42 Å². The molecule has 1 amide bonds. The van der Waals surface area contributed by atoms with E-state index in [9.17, 15) is 9.90 Å². The molecule has 0 saturated carbocycles. The van der Waals surface area contributed by atoms with Gasteiger partial charge in [0.25, 0.3) is 0 Å². The van der Waals surface area contributed by atoms with Crippen molar-refractivity contribution in [3.63, 3.8) is 0 Å². The number of carbonyl (C=O) groups is 1. The fourth-order valence-electron chi connectivity index (χ4n) is 6.73. The van der Waals surface area contributed by atoms with Gasteiger partial charge in [0, 0.05) is 6.54 Å². The Hall–Kier alpha value is -2.53. The summed E-state index contributed by atoms with van der Waals surface area (Å²) in [5, 5.41) is 10.4. The van der Waals surface area contributed by atoms with Gasteiger partial charge >= 0.3 is 6.09 Å². The number of amides is 1. The Balaban J connectivity index is 1.49. The zero-order valence-electron chi connectivity index (χ0n) is 21.2. The second kappa shape index (κ2) is 8.60. The second-order valence-electron chi connectivity index (χ2n) is 11.5. The lowest BCUT2D eigenvalue weighted by Crippen LogP contribution is -2.60. The third-order valence-corrected chi connectivity index (χ3v) is 8.18. The topological polar surface area (TPSA) is 53.0 Å². The van der Waals surface area contributed by atoms with Gasteiger partial charge in [0.15, 0.2) is 0 Å². The van der Waals surface area contributed by atoms with Crippen molar-refractivity contribution in [2.24, 2.45) is 11.3 Å². The van der Waals surface area contributed by atoms with Crippen LogP contribution in [0.1, 0.15) is 63.3 Å². The van der Waals surface area contributed by atoms with Crippen molar-refractivity contribution < 1.29 is 14.6 Å². The van der Waals surface area contributed by atoms with Crippen molar-refractivity contribution >= 4 is 6.09 Å². The molecule has 3 fully saturated rings. The minimum Gasteiger partial charge on any atom is -0.491 e. The number of fused-ring (bicyclic) bond motifs is 4. The summed E-state index contributed by atoms with van der Waals surface area (Å²) in [6, 6.07) is 12.9. The van der Waals surface area contributed by atoms with Gasteiger partial charge < -0.3 is 14.7 Å². The summed E-state index contributed by atoms with van der Waals surface area (Å²) in [4.78, 5) is 17.0. The normalized spacial score (nSPS) is 27.0. The average Bonchev–Trinajstić information content (AvgIpc) is 3.03. The van der Waals surface area contributed by atoms with Crippen LogP contribution in [-0.4, -0.2) is 52.8 Å². The standard InChI is InChI=1S/C29H38N2O3/c1-18(2)34-23-7-9-24(19(3)14-23)21-6-8-25-22(15-21)16-29(4,5)27(25)31(28(32)33)26-17-30-12-10-20(26)11-13-30/h6-9,14-15,18,20,26-27H,10-13,16-17H2,1-5H3,(H,32,33)/t26-,27+/m1/s1. The maximum atomic E-state index is 12.7. The molecule has 0 aromatic heterocycles. The van der Waals surface area contributed by atoms with Crippen LogP contribution in [0.4, 0.5) is 4.79 Å². The van der Waals surface area contributed by atoms with E-state index in [0.29, 0.717) is 5.92 Å². The predicted molar refractivity (Wildman–Crippen MR) is 135 cm³/mol. The lowest BCUT2D eigenvalue weighted by Gasteiger charge is -2.51. The molecule has 3 heterocycles. The number of aryl methyl sites for hydroxylation is 1. The predicted octanol–water partition coefficient (Wildman–Crippen LogP) is 6.15. The lowest BCUT2D eigenvalue weighted by atomic mass is 9.79. The van der Waals surface area contributed by atoms with Crippen LogP contribution in [0.25, 0.3) is 11.1 Å².